The molecule has 98 valence electrons. The highest BCUT2D eigenvalue weighted by molar-refractivity contribution is 7.91. The zero-order valence-electron chi connectivity index (χ0n) is 11.3. The van der Waals surface area contributed by atoms with E-state index >= 15 is 0 Å². The lowest BCUT2D eigenvalue weighted by molar-refractivity contribution is 0.545. The van der Waals surface area contributed by atoms with Crippen LogP contribution in [0.15, 0.2) is 18.2 Å². The van der Waals surface area contributed by atoms with Gasteiger partial charge >= 0.3 is 0 Å². The molecule has 1 unspecified atom stereocenters. The molecule has 0 saturated heterocycles. The molecule has 4 heteroatoms. The fourth-order valence-electron chi connectivity index (χ4n) is 1.69. The van der Waals surface area contributed by atoms with Gasteiger partial charge in [-0.2, -0.15) is 5.26 Å². The summed E-state index contributed by atoms with van der Waals surface area (Å²) in [5.74, 6) is 0.151. The number of aryl methyl sites for hydroxylation is 1. The monoisotopic (exact) mass is 265 g/mol. The van der Waals surface area contributed by atoms with E-state index in [1.54, 1.807) is 25.1 Å². The second-order valence-electron chi connectivity index (χ2n) is 5.01. The van der Waals surface area contributed by atoms with Crippen molar-refractivity contribution >= 4 is 9.84 Å². The molecule has 0 spiro atoms. The van der Waals surface area contributed by atoms with E-state index in [1.165, 1.54) is 0 Å². The highest BCUT2D eigenvalue weighted by Crippen LogP contribution is 2.20. The van der Waals surface area contributed by atoms with Gasteiger partial charge in [0.1, 0.15) is 0 Å². The summed E-state index contributed by atoms with van der Waals surface area (Å²) in [7, 11) is -3.14. The fraction of sp³-hybridized carbons (Fsp3) is 0.500. The van der Waals surface area contributed by atoms with Crippen molar-refractivity contribution in [3.05, 3.63) is 34.9 Å². The Morgan fingerprint density at radius 1 is 1.28 bits per heavy atom. The van der Waals surface area contributed by atoms with Gasteiger partial charge in [-0.3, -0.25) is 0 Å². The van der Waals surface area contributed by atoms with Gasteiger partial charge in [0.15, 0.2) is 9.84 Å². The first-order chi connectivity index (χ1) is 8.27. The maximum Gasteiger partial charge on any atom is 0.157 e. The molecular formula is C14H19NO2S. The number of hydrogen-bond donors (Lipinski definition) is 0. The van der Waals surface area contributed by atoms with Crippen LogP contribution in [0.5, 0.6) is 0 Å². The van der Waals surface area contributed by atoms with Gasteiger partial charge in [0.25, 0.3) is 0 Å². The van der Waals surface area contributed by atoms with E-state index in [9.17, 15) is 8.42 Å². The topological polar surface area (TPSA) is 57.9 Å². The molecule has 0 fully saturated rings. The standard InChI is InChI=1S/C14H19NO2S/c1-10(2)12(4)18(16,17)9-14-6-5-13(8-15)7-11(14)3/h5-7,10,12H,9H2,1-4H3. The highest BCUT2D eigenvalue weighted by Gasteiger charge is 2.24. The van der Waals surface area contributed by atoms with Crippen molar-refractivity contribution in [3.63, 3.8) is 0 Å². The van der Waals surface area contributed by atoms with Gasteiger partial charge in [0.05, 0.1) is 22.6 Å². The molecule has 1 rings (SSSR count). The molecule has 0 aliphatic rings. The van der Waals surface area contributed by atoms with E-state index in [0.29, 0.717) is 5.56 Å². The molecule has 0 saturated carbocycles. The number of benzene rings is 1. The summed E-state index contributed by atoms with van der Waals surface area (Å²) in [6.45, 7) is 7.41. The first kappa shape index (κ1) is 14.7. The second kappa shape index (κ2) is 5.53. The molecular weight excluding hydrogens is 246 g/mol. The van der Waals surface area contributed by atoms with Crippen molar-refractivity contribution in [3.8, 4) is 6.07 Å². The molecule has 0 bridgehead atoms. The van der Waals surface area contributed by atoms with E-state index in [2.05, 4.69) is 0 Å². The van der Waals surface area contributed by atoms with Crippen LogP contribution in [0.2, 0.25) is 0 Å². The van der Waals surface area contributed by atoms with Crippen LogP contribution in [0, 0.1) is 24.2 Å². The molecule has 0 aliphatic heterocycles. The molecule has 0 radical (unpaired) electrons. The molecule has 3 nitrogen and oxygen atoms in total. The van der Waals surface area contributed by atoms with Gasteiger partial charge in [-0.05, 0) is 43.0 Å². The number of rotatable bonds is 4. The Balaban J connectivity index is 3.02. The summed E-state index contributed by atoms with van der Waals surface area (Å²) in [6.07, 6.45) is 0. The van der Waals surface area contributed by atoms with Crippen molar-refractivity contribution in [2.75, 3.05) is 0 Å². The molecule has 0 aliphatic carbocycles. The Kier molecular flexibility index (Phi) is 4.53. The molecule has 18 heavy (non-hydrogen) atoms. The van der Waals surface area contributed by atoms with Gasteiger partial charge < -0.3 is 0 Å². The summed E-state index contributed by atoms with van der Waals surface area (Å²) in [6, 6.07) is 7.18. The SMILES string of the molecule is Cc1cc(C#N)ccc1CS(=O)(=O)C(C)C(C)C. The largest absolute Gasteiger partial charge is 0.228 e. The van der Waals surface area contributed by atoms with Gasteiger partial charge in [-0.25, -0.2) is 8.42 Å². The van der Waals surface area contributed by atoms with Crippen molar-refractivity contribution < 1.29 is 8.42 Å². The van der Waals surface area contributed by atoms with Gasteiger partial charge in [0, 0.05) is 0 Å². The highest BCUT2D eigenvalue weighted by atomic mass is 32.2. The predicted molar refractivity (Wildman–Crippen MR) is 72.8 cm³/mol. The van der Waals surface area contributed by atoms with Gasteiger partial charge in [-0.1, -0.05) is 19.9 Å². The molecule has 1 aromatic carbocycles. The molecule has 0 N–H and O–H groups in total. The molecule has 0 amide bonds. The maximum atomic E-state index is 12.2. The minimum atomic E-state index is -3.14. The van der Waals surface area contributed by atoms with Crippen LogP contribution in [0.4, 0.5) is 0 Å². The fourth-order valence-corrected chi connectivity index (χ4v) is 3.54. The normalized spacial score (nSPS) is 13.3. The molecule has 0 heterocycles. The van der Waals surface area contributed by atoms with E-state index < -0.39 is 9.84 Å². The maximum absolute atomic E-state index is 12.2. The van der Waals surface area contributed by atoms with Crippen LogP contribution in [-0.2, 0) is 15.6 Å². The third-order valence-electron chi connectivity index (χ3n) is 3.33. The summed E-state index contributed by atoms with van der Waals surface area (Å²) >= 11 is 0. The molecule has 0 aromatic heterocycles. The van der Waals surface area contributed by atoms with E-state index in [4.69, 9.17) is 5.26 Å². The first-order valence-electron chi connectivity index (χ1n) is 5.99. The van der Waals surface area contributed by atoms with Gasteiger partial charge in [0.2, 0.25) is 0 Å². The lowest BCUT2D eigenvalue weighted by Crippen LogP contribution is -2.25. The lowest BCUT2D eigenvalue weighted by atomic mass is 10.1. The van der Waals surface area contributed by atoms with Crippen LogP contribution >= 0.6 is 0 Å². The predicted octanol–water partition coefficient (Wildman–Crippen LogP) is 2.83. The van der Waals surface area contributed by atoms with Crippen LogP contribution in [-0.4, -0.2) is 13.7 Å². The van der Waals surface area contributed by atoms with Gasteiger partial charge in [-0.15, -0.1) is 0 Å². The summed E-state index contributed by atoms with van der Waals surface area (Å²) in [5, 5.41) is 8.42. The minimum absolute atomic E-state index is 0.0455. The Bertz CT molecular complexity index is 568. The summed E-state index contributed by atoms with van der Waals surface area (Å²) in [5.41, 5.74) is 2.20. The Morgan fingerprint density at radius 2 is 1.89 bits per heavy atom. The number of sulfone groups is 1. The number of nitriles is 1. The Hall–Kier alpha value is -1.34. The number of nitrogens with zero attached hydrogens (tertiary/aromatic N) is 1. The van der Waals surface area contributed by atoms with Crippen molar-refractivity contribution in [2.45, 2.75) is 38.7 Å². The second-order valence-corrected chi connectivity index (χ2v) is 7.37. The summed E-state index contributed by atoms with van der Waals surface area (Å²) in [4.78, 5) is 0. The lowest BCUT2D eigenvalue weighted by Gasteiger charge is -2.17. The molecule has 1 aromatic rings. The van der Waals surface area contributed by atoms with Crippen LogP contribution in [0.25, 0.3) is 0 Å². The number of hydrogen-bond acceptors (Lipinski definition) is 3. The van der Waals surface area contributed by atoms with E-state index in [0.717, 1.165) is 11.1 Å². The van der Waals surface area contributed by atoms with Crippen LogP contribution in [0.1, 0.15) is 37.5 Å². The molecule has 1 atom stereocenters. The zero-order valence-corrected chi connectivity index (χ0v) is 12.1. The summed E-state index contributed by atoms with van der Waals surface area (Å²) < 4.78 is 24.4. The van der Waals surface area contributed by atoms with Crippen molar-refractivity contribution in [1.29, 1.82) is 5.26 Å². The smallest absolute Gasteiger partial charge is 0.157 e. The Morgan fingerprint density at radius 3 is 2.33 bits per heavy atom. The van der Waals surface area contributed by atoms with E-state index in [-0.39, 0.29) is 16.9 Å². The average Bonchev–Trinajstić information content (AvgIpc) is 2.30. The van der Waals surface area contributed by atoms with Crippen LogP contribution in [0.3, 0.4) is 0 Å². The van der Waals surface area contributed by atoms with Crippen LogP contribution < -0.4 is 0 Å². The zero-order chi connectivity index (χ0) is 13.9. The third kappa shape index (κ3) is 3.33. The Labute approximate surface area is 109 Å². The van der Waals surface area contributed by atoms with E-state index in [1.807, 2.05) is 26.8 Å². The van der Waals surface area contributed by atoms with Crippen molar-refractivity contribution in [2.24, 2.45) is 5.92 Å². The minimum Gasteiger partial charge on any atom is -0.228 e. The average molecular weight is 265 g/mol. The first-order valence-corrected chi connectivity index (χ1v) is 7.70. The quantitative estimate of drug-likeness (QED) is 0.841. The third-order valence-corrected chi connectivity index (χ3v) is 5.72. The van der Waals surface area contributed by atoms with Crippen molar-refractivity contribution in [1.82, 2.24) is 0 Å².